The highest BCUT2D eigenvalue weighted by atomic mass is 16.5. The topological polar surface area (TPSA) is 135 Å². The van der Waals surface area contributed by atoms with E-state index >= 15 is 0 Å². The number of aromatic nitrogens is 4. The van der Waals surface area contributed by atoms with Crippen molar-refractivity contribution in [2.24, 2.45) is 0 Å². The number of aromatic carboxylic acids is 1. The summed E-state index contributed by atoms with van der Waals surface area (Å²) in [4.78, 5) is 33.6. The Labute approximate surface area is 630 Å². The van der Waals surface area contributed by atoms with Crippen molar-refractivity contribution in [1.29, 1.82) is 0 Å². The number of carboxylic acid groups (broad SMARTS) is 1. The Morgan fingerprint density at radius 2 is 0.651 bits per heavy atom. The molecule has 0 amide bonds. The molecule has 0 aliphatic carbocycles. The number of unbranched alkanes of at least 4 members (excludes halogenated alkanes) is 20. The first-order valence-electron chi connectivity index (χ1n) is 39.5. The summed E-state index contributed by atoms with van der Waals surface area (Å²) in [6.07, 6.45) is 35.4. The number of nitrogens with zero attached hydrogens (tertiary/aromatic N) is 3. The maximum Gasteiger partial charge on any atom is 0.335 e. The molecule has 0 unspecified atom stereocenters. The Hall–Kier alpha value is -10.5. The second kappa shape index (κ2) is 40.1. The van der Waals surface area contributed by atoms with E-state index in [-0.39, 0.29) is 5.56 Å². The summed E-state index contributed by atoms with van der Waals surface area (Å²) in [6, 6.07) is 53.2. The van der Waals surface area contributed by atoms with Gasteiger partial charge in [-0.1, -0.05) is 227 Å². The molecule has 0 atom stereocenters. The number of anilines is 3. The van der Waals surface area contributed by atoms with E-state index in [1.165, 1.54) is 88.2 Å². The number of carbonyl (C=O) groups is 1. The van der Waals surface area contributed by atoms with Gasteiger partial charge in [-0.15, -0.1) is 0 Å². The minimum absolute atomic E-state index is 0.183. The van der Waals surface area contributed by atoms with Crippen LogP contribution >= 0.6 is 0 Å². The molecule has 0 radical (unpaired) electrons. The van der Waals surface area contributed by atoms with Crippen LogP contribution in [0, 0.1) is 37.5 Å². The van der Waals surface area contributed by atoms with Crippen LogP contribution in [-0.2, 0) is 0 Å². The summed E-state index contributed by atoms with van der Waals surface area (Å²) in [5, 5.41) is 9.90. The number of aryl methyl sites for hydroxylation is 2. The van der Waals surface area contributed by atoms with E-state index in [1.807, 2.05) is 18.2 Å². The number of fused-ring (bicyclic) bond motifs is 8. The monoisotopic (exact) mass is 1410 g/mol. The Morgan fingerprint density at radius 3 is 0.991 bits per heavy atom. The van der Waals surface area contributed by atoms with Crippen molar-refractivity contribution in [3.63, 3.8) is 0 Å². The van der Waals surface area contributed by atoms with Crippen LogP contribution in [-0.4, -0.2) is 57.4 Å². The Kier molecular flexibility index (Phi) is 29.0. The highest BCUT2D eigenvalue weighted by Crippen LogP contribution is 2.46. The van der Waals surface area contributed by atoms with Gasteiger partial charge in [0.05, 0.1) is 88.1 Å². The fraction of sp³-hybridized carbons (Fsp3) is 0.358. The molecule has 0 saturated carbocycles. The molecule has 3 N–H and O–H groups in total. The normalized spacial score (nSPS) is 11.5. The van der Waals surface area contributed by atoms with Crippen molar-refractivity contribution < 1.29 is 28.8 Å². The third kappa shape index (κ3) is 20.9. The molecular formula is C95H107N5O6. The fourth-order valence-corrected chi connectivity index (χ4v) is 13.7. The Balaban J connectivity index is 1.16. The molecule has 548 valence electrons. The van der Waals surface area contributed by atoms with Crippen molar-refractivity contribution >= 4 is 69.4 Å². The molecule has 2 aliphatic heterocycles. The number of rotatable bonds is 38. The molecule has 0 saturated heterocycles. The lowest BCUT2D eigenvalue weighted by Gasteiger charge is -2.25. The van der Waals surface area contributed by atoms with Gasteiger partial charge in [0.2, 0.25) is 0 Å². The maximum absolute atomic E-state index is 12.1. The van der Waals surface area contributed by atoms with Crippen LogP contribution in [0.15, 0.2) is 158 Å². The number of hydrogen-bond donors (Lipinski definition) is 3. The molecule has 3 aromatic heterocycles. The van der Waals surface area contributed by atoms with Crippen molar-refractivity contribution in [2.75, 3.05) is 31.3 Å². The zero-order valence-corrected chi connectivity index (χ0v) is 63.4. The zero-order chi connectivity index (χ0) is 73.7. The molecular weight excluding hydrogens is 1310 g/mol. The van der Waals surface area contributed by atoms with Crippen molar-refractivity contribution in [3.05, 3.63) is 219 Å². The third-order valence-corrected chi connectivity index (χ3v) is 19.8. The second-order valence-corrected chi connectivity index (χ2v) is 28.2. The molecule has 5 heterocycles. The van der Waals surface area contributed by atoms with Gasteiger partial charge in [0.15, 0.2) is 0 Å². The van der Waals surface area contributed by atoms with Crippen molar-refractivity contribution in [1.82, 2.24) is 19.9 Å². The molecule has 11 nitrogen and oxygen atoms in total. The lowest BCUT2D eigenvalue weighted by molar-refractivity contribution is 0.0696. The first kappa shape index (κ1) is 76.6. The van der Waals surface area contributed by atoms with Gasteiger partial charge in [-0.25, -0.2) is 14.8 Å². The lowest BCUT2D eigenvalue weighted by atomic mass is 10.0. The maximum atomic E-state index is 12.1. The molecule has 11 rings (SSSR count). The third-order valence-electron chi connectivity index (χ3n) is 19.8. The minimum atomic E-state index is -1.00. The van der Waals surface area contributed by atoms with Gasteiger partial charge in [0.25, 0.3) is 0 Å². The smallest absolute Gasteiger partial charge is 0.335 e. The Bertz CT molecular complexity index is 4530. The van der Waals surface area contributed by atoms with Crippen molar-refractivity contribution in [2.45, 2.75) is 196 Å². The van der Waals surface area contributed by atoms with E-state index in [1.54, 1.807) is 24.3 Å². The van der Waals surface area contributed by atoms with E-state index in [0.717, 1.165) is 138 Å². The molecule has 11 heteroatoms. The standard InChI is InChI=1S/C95H107N5O6/c1-7-11-15-19-23-27-65-103-87-33-31-34-88(104-66-28-24-20-16-12-8-2)93(87)91-83-61-57-79(96-83)77(55-45-71-41-47-73(48-42-71)95(101)102)80-58-62-84(97-80)92(94-89(105-67-29-25-21-17-13-9-3)35-32-36-90(94)106-68-30-26-22-18-14-10-4)86-64-60-82(99-86)78(81-59-63-85(91)98-81)56-46-72-43-53-76(54-44-72)100(74-49-37-69(5)38-50-74)75-51-39-70(6)40-52-75/h31-44,47-54,57-64,96,99H,7-30,65-68H2,1-6H3,(H,101,102). The number of H-pyrrole nitrogens is 2. The summed E-state index contributed by atoms with van der Waals surface area (Å²) in [5.74, 6) is 16.2. The fourth-order valence-electron chi connectivity index (χ4n) is 13.7. The van der Waals surface area contributed by atoms with Crippen molar-refractivity contribution in [3.8, 4) is 68.9 Å². The van der Waals surface area contributed by atoms with Crippen LogP contribution in [0.5, 0.6) is 23.0 Å². The van der Waals surface area contributed by atoms with Gasteiger partial charge in [0.1, 0.15) is 23.0 Å². The number of nitrogens with one attached hydrogen (secondary N) is 2. The second-order valence-electron chi connectivity index (χ2n) is 28.2. The highest BCUT2D eigenvalue weighted by molar-refractivity contribution is 5.99. The van der Waals surface area contributed by atoms with E-state index in [0.29, 0.717) is 94.4 Å². The van der Waals surface area contributed by atoms with Gasteiger partial charge in [-0.3, -0.25) is 0 Å². The minimum Gasteiger partial charge on any atom is -0.493 e. The van der Waals surface area contributed by atoms with Gasteiger partial charge >= 0.3 is 5.97 Å². The van der Waals surface area contributed by atoms with E-state index in [9.17, 15) is 9.90 Å². The number of benzene rings is 6. The summed E-state index contributed by atoms with van der Waals surface area (Å²) in [5.41, 5.74) is 17.4. The number of hydrogen-bond acceptors (Lipinski definition) is 8. The summed E-state index contributed by atoms with van der Waals surface area (Å²) >= 11 is 0. The summed E-state index contributed by atoms with van der Waals surface area (Å²) in [6.45, 7) is 15.4. The molecule has 6 aromatic carbocycles. The number of carboxylic acids is 1. The number of ether oxygens (including phenoxy) is 4. The predicted octanol–water partition coefficient (Wildman–Crippen LogP) is 25.5. The zero-order valence-electron chi connectivity index (χ0n) is 63.4. The first-order valence-corrected chi connectivity index (χ1v) is 39.5. The van der Waals surface area contributed by atoms with Gasteiger partial charge in [-0.05, 0) is 185 Å². The van der Waals surface area contributed by atoms with Crippen LogP contribution in [0.25, 0.3) is 68.6 Å². The van der Waals surface area contributed by atoms with Crippen LogP contribution in [0.2, 0.25) is 0 Å². The van der Waals surface area contributed by atoms with Crippen LogP contribution in [0.4, 0.5) is 17.1 Å². The quantitative estimate of drug-likeness (QED) is 0.0255. The van der Waals surface area contributed by atoms with Gasteiger partial charge in [-0.2, -0.15) is 0 Å². The van der Waals surface area contributed by atoms with Crippen LogP contribution < -0.4 is 23.8 Å². The molecule has 0 fully saturated rings. The first-order chi connectivity index (χ1) is 52.1. The van der Waals surface area contributed by atoms with Gasteiger partial charge < -0.3 is 38.9 Å². The molecule has 106 heavy (non-hydrogen) atoms. The van der Waals surface area contributed by atoms with E-state index in [2.05, 4.69) is 220 Å². The molecule has 2 aliphatic rings. The Morgan fingerprint density at radius 1 is 0.349 bits per heavy atom. The average molecular weight is 1410 g/mol. The number of aromatic amines is 2. The average Bonchev–Trinajstić information content (AvgIpc) is 1.59. The van der Waals surface area contributed by atoms with Gasteiger partial charge in [0, 0.05) is 50.3 Å². The largest absolute Gasteiger partial charge is 0.493 e. The molecule has 8 bridgehead atoms. The van der Waals surface area contributed by atoms with Crippen LogP contribution in [0.3, 0.4) is 0 Å². The van der Waals surface area contributed by atoms with Crippen LogP contribution in [0.1, 0.15) is 248 Å². The predicted molar refractivity (Wildman–Crippen MR) is 441 cm³/mol. The van der Waals surface area contributed by atoms with E-state index < -0.39 is 5.97 Å². The SMILES string of the molecule is CCCCCCCCOc1cccc(OCCCCCCCC)c1-c1c2nc(c(C#Cc3ccc(N(c4ccc(C)cc4)c4ccc(C)cc4)cc3)c3ccc([nH]3)c(-c3c(OCCCCCCCC)cccc3OCCCCCCCC)c3nc(c(C#Cc4ccc(C(=O)O)cc4)c4ccc1[nH]4)C=C3)C=C2. The molecule has 0 spiro atoms. The summed E-state index contributed by atoms with van der Waals surface area (Å²) in [7, 11) is 0. The summed E-state index contributed by atoms with van der Waals surface area (Å²) < 4.78 is 28.0. The lowest BCUT2D eigenvalue weighted by Crippen LogP contribution is -2.09. The van der Waals surface area contributed by atoms with E-state index in [4.69, 9.17) is 28.9 Å². The highest BCUT2D eigenvalue weighted by Gasteiger charge is 2.25. The molecule has 9 aromatic rings.